The predicted octanol–water partition coefficient (Wildman–Crippen LogP) is 1.80. The maximum atomic E-state index is 12.2. The summed E-state index contributed by atoms with van der Waals surface area (Å²) in [7, 11) is 3.23. The van der Waals surface area contributed by atoms with E-state index in [9.17, 15) is 4.79 Å². The minimum atomic E-state index is 0.0668. The maximum absolute atomic E-state index is 12.2. The fourth-order valence-corrected chi connectivity index (χ4v) is 3.35. The topological polar surface area (TPSA) is 71.0 Å². The number of ether oxygens (including phenoxy) is 2. The molecular weight excluding hydrogens is 320 g/mol. The van der Waals surface area contributed by atoms with Crippen molar-refractivity contribution in [3.8, 4) is 11.5 Å². The number of hydrogen-bond acceptors (Lipinski definition) is 5. The Kier molecular flexibility index (Phi) is 8.01. The summed E-state index contributed by atoms with van der Waals surface area (Å²) in [6.07, 6.45) is 3.75. The summed E-state index contributed by atoms with van der Waals surface area (Å²) < 4.78 is 10.5. The molecule has 1 aliphatic rings. The summed E-state index contributed by atoms with van der Waals surface area (Å²) in [6, 6.07) is 5.59. The van der Waals surface area contributed by atoms with Crippen LogP contribution in [0.1, 0.15) is 31.2 Å². The van der Waals surface area contributed by atoms with Crippen LogP contribution in [0.2, 0.25) is 0 Å². The first-order chi connectivity index (χ1) is 12.2. The molecule has 2 rings (SSSR count). The molecule has 6 heteroatoms. The van der Waals surface area contributed by atoms with Crippen molar-refractivity contribution in [1.29, 1.82) is 0 Å². The highest BCUT2D eigenvalue weighted by molar-refractivity contribution is 5.75. The largest absolute Gasteiger partial charge is 0.497 e. The van der Waals surface area contributed by atoms with Crippen molar-refractivity contribution < 1.29 is 19.4 Å². The van der Waals surface area contributed by atoms with Gasteiger partial charge in [0.15, 0.2) is 0 Å². The number of methoxy groups -OCH3 is 2. The lowest BCUT2D eigenvalue weighted by Gasteiger charge is -2.32. The smallest absolute Gasteiger partial charge is 0.220 e. The van der Waals surface area contributed by atoms with E-state index in [1.807, 2.05) is 18.2 Å². The predicted molar refractivity (Wildman–Crippen MR) is 96.9 cm³/mol. The Bertz CT molecular complexity index is 548. The lowest BCUT2D eigenvalue weighted by atomic mass is 9.93. The molecule has 25 heavy (non-hydrogen) atoms. The van der Waals surface area contributed by atoms with Gasteiger partial charge in [-0.2, -0.15) is 0 Å². The van der Waals surface area contributed by atoms with E-state index in [-0.39, 0.29) is 12.5 Å². The van der Waals surface area contributed by atoms with Crippen molar-refractivity contribution in [3.05, 3.63) is 23.8 Å². The molecule has 1 fully saturated rings. The first-order valence-electron chi connectivity index (χ1n) is 8.97. The zero-order valence-corrected chi connectivity index (χ0v) is 15.3. The Morgan fingerprint density at radius 1 is 1.36 bits per heavy atom. The second-order valence-corrected chi connectivity index (χ2v) is 6.53. The minimum absolute atomic E-state index is 0.0668. The maximum Gasteiger partial charge on any atom is 0.220 e. The van der Waals surface area contributed by atoms with Crippen LogP contribution < -0.4 is 14.8 Å². The number of aliphatic hydroxyl groups is 1. The zero-order chi connectivity index (χ0) is 18.1. The molecule has 1 atom stereocenters. The number of rotatable bonds is 9. The fourth-order valence-electron chi connectivity index (χ4n) is 3.35. The Balaban J connectivity index is 1.75. The number of amides is 1. The average molecular weight is 350 g/mol. The molecule has 0 radical (unpaired) electrons. The normalized spacial score (nSPS) is 18.0. The van der Waals surface area contributed by atoms with Gasteiger partial charge < -0.3 is 24.8 Å². The Morgan fingerprint density at radius 3 is 2.92 bits per heavy atom. The second-order valence-electron chi connectivity index (χ2n) is 6.53. The SMILES string of the molecule is COc1ccc(CNC(=O)CC[C@H]2CCCN(CCO)C2)c(OC)c1. The second kappa shape index (κ2) is 10.3. The van der Waals surface area contributed by atoms with Crippen LogP contribution in [0.25, 0.3) is 0 Å². The zero-order valence-electron chi connectivity index (χ0n) is 15.3. The van der Waals surface area contributed by atoms with E-state index in [1.54, 1.807) is 14.2 Å². The fraction of sp³-hybridized carbons (Fsp3) is 0.632. The highest BCUT2D eigenvalue weighted by Gasteiger charge is 2.20. The van der Waals surface area contributed by atoms with Crippen LogP contribution in [0.5, 0.6) is 11.5 Å². The molecule has 0 spiro atoms. The lowest BCUT2D eigenvalue weighted by molar-refractivity contribution is -0.121. The number of nitrogens with zero attached hydrogens (tertiary/aromatic N) is 1. The third-order valence-electron chi connectivity index (χ3n) is 4.77. The Hall–Kier alpha value is -1.79. The summed E-state index contributed by atoms with van der Waals surface area (Å²) in [5.41, 5.74) is 0.934. The van der Waals surface area contributed by atoms with Crippen LogP contribution in [0.4, 0.5) is 0 Å². The molecule has 6 nitrogen and oxygen atoms in total. The first-order valence-corrected chi connectivity index (χ1v) is 8.97. The number of benzene rings is 1. The van der Waals surface area contributed by atoms with Gasteiger partial charge in [-0.15, -0.1) is 0 Å². The van der Waals surface area contributed by atoms with Gasteiger partial charge in [-0.1, -0.05) is 0 Å². The molecule has 140 valence electrons. The standard InChI is InChI=1S/C19H30N2O4/c1-24-17-7-6-16(18(12-17)25-2)13-20-19(23)8-5-15-4-3-9-21(14-15)10-11-22/h6-7,12,15,22H,3-5,8-11,13-14H2,1-2H3,(H,20,23)/t15-/m1/s1. The van der Waals surface area contributed by atoms with E-state index >= 15 is 0 Å². The van der Waals surface area contributed by atoms with Crippen LogP contribution in [-0.4, -0.2) is 56.4 Å². The molecule has 1 heterocycles. The van der Waals surface area contributed by atoms with Gasteiger partial charge >= 0.3 is 0 Å². The quantitative estimate of drug-likeness (QED) is 0.711. The molecule has 2 N–H and O–H groups in total. The van der Waals surface area contributed by atoms with Crippen LogP contribution in [0.15, 0.2) is 18.2 Å². The molecule has 0 unspecified atom stereocenters. The van der Waals surface area contributed by atoms with Gasteiger partial charge in [-0.3, -0.25) is 4.79 Å². The molecule has 1 aromatic rings. The van der Waals surface area contributed by atoms with Crippen molar-refractivity contribution in [2.75, 3.05) is 40.5 Å². The molecule has 0 bridgehead atoms. The molecule has 0 aromatic heterocycles. The number of hydrogen-bond donors (Lipinski definition) is 2. The Morgan fingerprint density at radius 2 is 2.20 bits per heavy atom. The van der Waals surface area contributed by atoms with E-state index in [4.69, 9.17) is 14.6 Å². The number of likely N-dealkylation sites (tertiary alicyclic amines) is 1. The van der Waals surface area contributed by atoms with E-state index < -0.39 is 0 Å². The van der Waals surface area contributed by atoms with E-state index in [0.29, 0.717) is 24.6 Å². The summed E-state index contributed by atoms with van der Waals surface area (Å²) in [5.74, 6) is 2.06. The van der Waals surface area contributed by atoms with Gasteiger partial charge in [0.25, 0.3) is 0 Å². The van der Waals surface area contributed by atoms with Crippen LogP contribution in [-0.2, 0) is 11.3 Å². The van der Waals surface area contributed by atoms with E-state index in [0.717, 1.165) is 43.8 Å². The van der Waals surface area contributed by atoms with Crippen molar-refractivity contribution in [2.45, 2.75) is 32.2 Å². The summed E-state index contributed by atoms with van der Waals surface area (Å²) in [6.45, 7) is 3.44. The van der Waals surface area contributed by atoms with Gasteiger partial charge in [0.05, 0.1) is 20.8 Å². The molecule has 0 saturated carbocycles. The molecule has 0 aliphatic carbocycles. The molecule has 1 aromatic carbocycles. The number of carbonyl (C=O) groups is 1. The van der Waals surface area contributed by atoms with Gasteiger partial charge in [0.2, 0.25) is 5.91 Å². The molecular formula is C19H30N2O4. The first kappa shape index (κ1) is 19.5. The van der Waals surface area contributed by atoms with Crippen molar-refractivity contribution in [3.63, 3.8) is 0 Å². The number of aliphatic hydroxyl groups excluding tert-OH is 1. The van der Waals surface area contributed by atoms with Crippen LogP contribution in [0, 0.1) is 5.92 Å². The number of β-amino-alcohol motifs (C(OH)–C–C–N with tert-alkyl or cyclic N) is 1. The van der Waals surface area contributed by atoms with E-state index in [2.05, 4.69) is 10.2 Å². The molecule has 1 amide bonds. The third kappa shape index (κ3) is 6.21. The Labute approximate surface area is 150 Å². The van der Waals surface area contributed by atoms with Crippen LogP contribution >= 0.6 is 0 Å². The molecule has 1 saturated heterocycles. The minimum Gasteiger partial charge on any atom is -0.497 e. The highest BCUT2D eigenvalue weighted by Crippen LogP contribution is 2.24. The molecule has 1 aliphatic heterocycles. The monoisotopic (exact) mass is 350 g/mol. The summed E-state index contributed by atoms with van der Waals surface area (Å²) >= 11 is 0. The summed E-state index contributed by atoms with van der Waals surface area (Å²) in [5, 5.41) is 12.0. The van der Waals surface area contributed by atoms with Crippen molar-refractivity contribution in [1.82, 2.24) is 10.2 Å². The van der Waals surface area contributed by atoms with Crippen molar-refractivity contribution in [2.24, 2.45) is 5.92 Å². The van der Waals surface area contributed by atoms with Crippen LogP contribution in [0.3, 0.4) is 0 Å². The highest BCUT2D eigenvalue weighted by atomic mass is 16.5. The van der Waals surface area contributed by atoms with Gasteiger partial charge in [0, 0.05) is 37.7 Å². The number of nitrogens with one attached hydrogen (secondary N) is 1. The average Bonchev–Trinajstić information content (AvgIpc) is 2.65. The van der Waals surface area contributed by atoms with Crippen molar-refractivity contribution >= 4 is 5.91 Å². The number of piperidine rings is 1. The van der Waals surface area contributed by atoms with Gasteiger partial charge in [-0.05, 0) is 43.9 Å². The van der Waals surface area contributed by atoms with Gasteiger partial charge in [-0.25, -0.2) is 0 Å². The van der Waals surface area contributed by atoms with E-state index in [1.165, 1.54) is 6.42 Å². The summed E-state index contributed by atoms with van der Waals surface area (Å²) in [4.78, 5) is 14.4. The number of carbonyl (C=O) groups excluding carboxylic acids is 1. The lowest BCUT2D eigenvalue weighted by Crippen LogP contribution is -2.37. The third-order valence-corrected chi connectivity index (χ3v) is 4.77. The van der Waals surface area contributed by atoms with Gasteiger partial charge in [0.1, 0.15) is 11.5 Å².